The Morgan fingerprint density at radius 1 is 1.32 bits per heavy atom. The molecule has 0 radical (unpaired) electrons. The van der Waals surface area contributed by atoms with E-state index in [1.165, 1.54) is 29.5 Å². The Morgan fingerprint density at radius 3 is 2.94 bits per heavy atom. The first kappa shape index (κ1) is 21.8. The second-order valence-corrected chi connectivity index (χ2v) is 9.69. The van der Waals surface area contributed by atoms with E-state index >= 15 is 0 Å². The molecule has 31 heavy (non-hydrogen) atoms. The molecule has 0 heterocycles. The summed E-state index contributed by atoms with van der Waals surface area (Å²) in [5.41, 5.74) is 7.88. The molecular weight excluding hydrogens is 391 g/mol. The molecule has 1 aromatic carbocycles. The Hall–Kier alpha value is -2.43. The van der Waals surface area contributed by atoms with Crippen molar-refractivity contribution >= 4 is 11.7 Å². The first-order valence-electron chi connectivity index (χ1n) is 11.5. The van der Waals surface area contributed by atoms with E-state index in [2.05, 4.69) is 36.5 Å². The Labute approximate surface area is 184 Å². The maximum atomic E-state index is 13.6. The van der Waals surface area contributed by atoms with Gasteiger partial charge in [-0.2, -0.15) is 0 Å². The Balaban J connectivity index is 1.44. The first-order valence-corrected chi connectivity index (χ1v) is 11.5. The number of aryl methyl sites for hydroxylation is 1. The molecular formula is C26H33FN2O2. The van der Waals surface area contributed by atoms with Gasteiger partial charge in [0.2, 0.25) is 5.91 Å². The van der Waals surface area contributed by atoms with E-state index in [1.807, 2.05) is 0 Å². The molecule has 5 atom stereocenters. The summed E-state index contributed by atoms with van der Waals surface area (Å²) in [6.45, 7) is 2.04. The number of fused-ring (bicyclic) bond motifs is 5. The average Bonchev–Trinajstić information content (AvgIpc) is 3.04. The van der Waals surface area contributed by atoms with E-state index in [0.29, 0.717) is 42.8 Å². The standard InChI is InChI=1S/C26H33FN2O2/c1-26-13-12-21-20-7-3-2-5-17(20)8-10-22(21)25(26)18(15-23(26)30)9-11-24(31)29-16-19(27)6-4-14-28/h2-7,14,18,21-22,25H,8-13,15-16,28H2,1H3,(H,29,31)/b14-4-,19-6+/t18-,21?,22?,25?,26-/m1/s1. The van der Waals surface area contributed by atoms with Gasteiger partial charge in [0.1, 0.15) is 11.6 Å². The highest BCUT2D eigenvalue weighted by Crippen LogP contribution is 2.62. The summed E-state index contributed by atoms with van der Waals surface area (Å²) in [4.78, 5) is 25.4. The predicted octanol–water partition coefficient (Wildman–Crippen LogP) is 4.56. The summed E-state index contributed by atoms with van der Waals surface area (Å²) in [5.74, 6) is 1.39. The van der Waals surface area contributed by atoms with Crippen molar-refractivity contribution in [2.75, 3.05) is 6.54 Å². The van der Waals surface area contributed by atoms with Crippen molar-refractivity contribution in [3.63, 3.8) is 0 Å². The molecule has 0 saturated heterocycles. The van der Waals surface area contributed by atoms with Crippen LogP contribution in [-0.4, -0.2) is 18.2 Å². The highest BCUT2D eigenvalue weighted by molar-refractivity contribution is 5.88. The molecule has 0 aromatic heterocycles. The molecule has 1 amide bonds. The van der Waals surface area contributed by atoms with Crippen LogP contribution >= 0.6 is 0 Å². The predicted molar refractivity (Wildman–Crippen MR) is 120 cm³/mol. The highest BCUT2D eigenvalue weighted by atomic mass is 19.1. The molecule has 166 valence electrons. The number of amides is 1. The lowest BCUT2D eigenvalue weighted by molar-refractivity contribution is -0.129. The van der Waals surface area contributed by atoms with Gasteiger partial charge in [-0.15, -0.1) is 0 Å². The number of hydrogen-bond donors (Lipinski definition) is 2. The molecule has 3 aliphatic rings. The molecule has 0 spiro atoms. The van der Waals surface area contributed by atoms with Gasteiger partial charge in [-0.3, -0.25) is 9.59 Å². The zero-order valence-corrected chi connectivity index (χ0v) is 18.3. The maximum absolute atomic E-state index is 13.6. The molecule has 2 fully saturated rings. The monoisotopic (exact) mass is 424 g/mol. The Kier molecular flexibility index (Phi) is 6.31. The quantitative estimate of drug-likeness (QED) is 0.658. The Bertz CT molecular complexity index is 908. The molecule has 0 aliphatic heterocycles. The number of carbonyl (C=O) groups excluding carboxylic acids is 2. The minimum absolute atomic E-state index is 0.130. The van der Waals surface area contributed by atoms with Crippen molar-refractivity contribution in [1.29, 1.82) is 0 Å². The van der Waals surface area contributed by atoms with Crippen LogP contribution in [0.1, 0.15) is 62.5 Å². The molecule has 4 rings (SSSR count). The second kappa shape index (κ2) is 8.97. The van der Waals surface area contributed by atoms with Crippen molar-refractivity contribution in [2.24, 2.45) is 28.9 Å². The molecule has 2 saturated carbocycles. The van der Waals surface area contributed by atoms with Gasteiger partial charge in [-0.25, -0.2) is 4.39 Å². The lowest BCUT2D eigenvalue weighted by atomic mass is 9.54. The Morgan fingerprint density at radius 2 is 2.13 bits per heavy atom. The fourth-order valence-corrected chi connectivity index (χ4v) is 6.65. The van der Waals surface area contributed by atoms with Gasteiger partial charge in [-0.05, 0) is 85.3 Å². The molecule has 3 N–H and O–H groups in total. The molecule has 0 bridgehead atoms. The van der Waals surface area contributed by atoms with Gasteiger partial charge in [0.15, 0.2) is 0 Å². The summed E-state index contributed by atoms with van der Waals surface area (Å²) in [6, 6.07) is 8.78. The largest absolute Gasteiger partial charge is 0.405 e. The number of benzene rings is 1. The summed E-state index contributed by atoms with van der Waals surface area (Å²) < 4.78 is 13.6. The molecule has 3 unspecified atom stereocenters. The summed E-state index contributed by atoms with van der Waals surface area (Å²) in [6.07, 6.45) is 9.71. The average molecular weight is 425 g/mol. The SMILES string of the molecule is C[C@]12CCC3c4ccccc4CCC3C1[C@H](CCC(=O)NC/C(F)=C\C=C/N)CC2=O. The van der Waals surface area contributed by atoms with Crippen molar-refractivity contribution in [1.82, 2.24) is 5.32 Å². The van der Waals surface area contributed by atoms with Crippen LogP contribution in [-0.2, 0) is 16.0 Å². The number of Topliss-reactive ketones (excluding diaryl/α,β-unsaturated/α-hetero) is 1. The second-order valence-electron chi connectivity index (χ2n) is 9.69. The third-order valence-corrected chi connectivity index (χ3v) is 8.07. The highest BCUT2D eigenvalue weighted by Gasteiger charge is 2.58. The van der Waals surface area contributed by atoms with E-state index in [9.17, 15) is 14.0 Å². The van der Waals surface area contributed by atoms with E-state index in [1.54, 1.807) is 0 Å². The van der Waals surface area contributed by atoms with E-state index in [0.717, 1.165) is 25.7 Å². The van der Waals surface area contributed by atoms with Crippen molar-refractivity contribution in [3.8, 4) is 0 Å². The van der Waals surface area contributed by atoms with Crippen LogP contribution < -0.4 is 11.1 Å². The van der Waals surface area contributed by atoms with Crippen LogP contribution in [0.5, 0.6) is 0 Å². The lowest BCUT2D eigenvalue weighted by Gasteiger charge is -2.50. The third kappa shape index (κ3) is 4.19. The minimum Gasteiger partial charge on any atom is -0.405 e. The third-order valence-electron chi connectivity index (χ3n) is 8.07. The zero-order valence-electron chi connectivity index (χ0n) is 18.3. The zero-order chi connectivity index (χ0) is 22.0. The van der Waals surface area contributed by atoms with Crippen LogP contribution in [0.25, 0.3) is 0 Å². The van der Waals surface area contributed by atoms with Crippen LogP contribution in [0.15, 0.2) is 48.4 Å². The van der Waals surface area contributed by atoms with Crippen molar-refractivity contribution in [2.45, 2.75) is 57.8 Å². The van der Waals surface area contributed by atoms with E-state index in [4.69, 9.17) is 5.73 Å². The normalized spacial score (nSPS) is 32.5. The summed E-state index contributed by atoms with van der Waals surface area (Å²) in [5, 5.41) is 2.64. The number of nitrogens with one attached hydrogen (secondary N) is 1. The van der Waals surface area contributed by atoms with Gasteiger partial charge in [-0.1, -0.05) is 31.2 Å². The van der Waals surface area contributed by atoms with Gasteiger partial charge in [0, 0.05) is 18.3 Å². The number of allylic oxidation sites excluding steroid dienone is 2. The molecule has 4 nitrogen and oxygen atoms in total. The number of hydrogen-bond acceptors (Lipinski definition) is 3. The topological polar surface area (TPSA) is 72.2 Å². The van der Waals surface area contributed by atoms with Crippen molar-refractivity contribution in [3.05, 3.63) is 59.6 Å². The number of rotatable bonds is 6. The van der Waals surface area contributed by atoms with E-state index in [-0.39, 0.29) is 23.8 Å². The number of nitrogens with two attached hydrogens (primary N) is 1. The molecule has 1 aromatic rings. The molecule has 5 heteroatoms. The molecule has 3 aliphatic carbocycles. The van der Waals surface area contributed by atoms with Gasteiger partial charge in [0.25, 0.3) is 0 Å². The first-order chi connectivity index (χ1) is 14.9. The van der Waals surface area contributed by atoms with Crippen LogP contribution in [0.2, 0.25) is 0 Å². The van der Waals surface area contributed by atoms with E-state index < -0.39 is 5.83 Å². The fourth-order valence-electron chi connectivity index (χ4n) is 6.65. The van der Waals surface area contributed by atoms with Gasteiger partial charge >= 0.3 is 0 Å². The number of halogens is 1. The number of ketones is 1. The maximum Gasteiger partial charge on any atom is 0.220 e. The minimum atomic E-state index is -0.435. The smallest absolute Gasteiger partial charge is 0.220 e. The number of carbonyl (C=O) groups is 2. The van der Waals surface area contributed by atoms with Gasteiger partial charge < -0.3 is 11.1 Å². The summed E-state index contributed by atoms with van der Waals surface area (Å²) >= 11 is 0. The van der Waals surface area contributed by atoms with Crippen LogP contribution in [0.3, 0.4) is 0 Å². The van der Waals surface area contributed by atoms with Crippen LogP contribution in [0.4, 0.5) is 4.39 Å². The fraction of sp³-hybridized carbons (Fsp3) is 0.538. The van der Waals surface area contributed by atoms with Crippen LogP contribution in [0, 0.1) is 23.2 Å². The van der Waals surface area contributed by atoms with Crippen molar-refractivity contribution < 1.29 is 14.0 Å². The lowest BCUT2D eigenvalue weighted by Crippen LogP contribution is -2.44. The van der Waals surface area contributed by atoms with Gasteiger partial charge in [0.05, 0.1) is 6.54 Å². The summed E-state index contributed by atoms with van der Waals surface area (Å²) in [7, 11) is 0.